The normalized spacial score (nSPS) is 11.9. The van der Waals surface area contributed by atoms with Crippen molar-refractivity contribution >= 4 is 39.2 Å². The highest BCUT2D eigenvalue weighted by molar-refractivity contribution is 7.89. The Morgan fingerprint density at radius 1 is 1.42 bits per heavy atom. The van der Waals surface area contributed by atoms with E-state index in [2.05, 4.69) is 4.72 Å². The lowest BCUT2D eigenvalue weighted by atomic mass is 10.2. The predicted octanol–water partition coefficient (Wildman–Crippen LogP) is 2.22. The van der Waals surface area contributed by atoms with Crippen molar-refractivity contribution in [3.8, 4) is 0 Å². The summed E-state index contributed by atoms with van der Waals surface area (Å²) in [4.78, 5) is 10.1. The summed E-state index contributed by atoms with van der Waals surface area (Å²) in [6, 6.07) is 2.73. The van der Waals surface area contributed by atoms with Crippen LogP contribution in [0.2, 0.25) is 10.0 Å². The number of benzene rings is 1. The molecule has 0 fully saturated rings. The zero-order chi connectivity index (χ0) is 14.6. The molecule has 0 aliphatic rings. The maximum Gasteiger partial charge on any atom is 0.328 e. The zero-order valence-corrected chi connectivity index (χ0v) is 12.2. The van der Waals surface area contributed by atoms with Gasteiger partial charge in [0.25, 0.3) is 0 Å². The third kappa shape index (κ3) is 4.21. The molecule has 0 atom stereocenters. The van der Waals surface area contributed by atoms with E-state index in [0.717, 1.165) is 6.08 Å². The lowest BCUT2D eigenvalue weighted by Gasteiger charge is -2.09. The molecule has 0 radical (unpaired) electrons. The summed E-state index contributed by atoms with van der Waals surface area (Å²) < 4.78 is 26.1. The molecule has 104 valence electrons. The minimum atomic E-state index is -3.81. The number of hydrogen-bond acceptors (Lipinski definition) is 3. The quantitative estimate of drug-likeness (QED) is 0.814. The molecule has 5 nitrogen and oxygen atoms in total. The largest absolute Gasteiger partial charge is 0.478 e. The molecule has 0 amide bonds. The fourth-order valence-corrected chi connectivity index (χ4v) is 3.02. The molecule has 0 unspecified atom stereocenters. The Labute approximate surface area is 120 Å². The molecule has 1 aromatic rings. The lowest BCUT2D eigenvalue weighted by molar-refractivity contribution is -0.131. The minimum Gasteiger partial charge on any atom is -0.478 e. The molecule has 0 heterocycles. The summed E-state index contributed by atoms with van der Waals surface area (Å²) in [6.07, 6.45) is 2.02. The zero-order valence-electron chi connectivity index (χ0n) is 9.85. The number of aliphatic carboxylic acids is 1. The average molecular weight is 324 g/mol. The second-order valence-corrected chi connectivity index (χ2v) is 6.10. The van der Waals surface area contributed by atoms with Gasteiger partial charge in [-0.3, -0.25) is 0 Å². The van der Waals surface area contributed by atoms with Gasteiger partial charge in [0.05, 0.1) is 5.02 Å². The summed E-state index contributed by atoms with van der Waals surface area (Å²) in [5, 5.41) is 8.79. The molecule has 8 heteroatoms. The van der Waals surface area contributed by atoms with Gasteiger partial charge >= 0.3 is 5.97 Å². The van der Waals surface area contributed by atoms with Gasteiger partial charge in [0.1, 0.15) is 4.90 Å². The fourth-order valence-electron chi connectivity index (χ4n) is 1.24. The number of nitrogens with one attached hydrogen (secondary N) is 1. The molecule has 0 bridgehead atoms. The first-order chi connectivity index (χ1) is 8.75. The van der Waals surface area contributed by atoms with Gasteiger partial charge in [-0.2, -0.15) is 0 Å². The molecule has 0 saturated carbocycles. The van der Waals surface area contributed by atoms with Crippen LogP contribution in [0.25, 0.3) is 0 Å². The first-order valence-electron chi connectivity index (χ1n) is 5.09. The molecular weight excluding hydrogens is 313 g/mol. The number of hydrogen-bond donors (Lipinski definition) is 2. The van der Waals surface area contributed by atoms with Gasteiger partial charge in [-0.15, -0.1) is 0 Å². The minimum absolute atomic E-state index is 0.0437. The van der Waals surface area contributed by atoms with Crippen LogP contribution in [0.15, 0.2) is 29.2 Å². The van der Waals surface area contributed by atoms with Crippen LogP contribution in [-0.2, 0) is 14.8 Å². The van der Waals surface area contributed by atoms with Crippen molar-refractivity contribution in [1.29, 1.82) is 0 Å². The number of carboxylic acids is 1. The number of carbonyl (C=O) groups is 1. The van der Waals surface area contributed by atoms with Crippen LogP contribution < -0.4 is 4.72 Å². The van der Waals surface area contributed by atoms with Gasteiger partial charge in [0.2, 0.25) is 10.0 Å². The molecule has 0 spiro atoms. The molecular formula is C11H11Cl2NO4S. The van der Waals surface area contributed by atoms with Gasteiger partial charge in [0, 0.05) is 17.6 Å². The Morgan fingerprint density at radius 2 is 2.05 bits per heavy atom. The van der Waals surface area contributed by atoms with Crippen molar-refractivity contribution in [1.82, 2.24) is 4.72 Å². The smallest absolute Gasteiger partial charge is 0.328 e. The van der Waals surface area contributed by atoms with Crippen molar-refractivity contribution in [2.75, 3.05) is 6.54 Å². The summed E-state index contributed by atoms with van der Waals surface area (Å²) in [6.45, 7) is 1.46. The second-order valence-electron chi connectivity index (χ2n) is 3.58. The SMILES string of the molecule is Cc1c(Cl)ccc(S(=O)(=O)NC/C=C/C(=O)O)c1Cl. The Morgan fingerprint density at radius 3 is 2.63 bits per heavy atom. The standard InChI is InChI=1S/C11H11Cl2NO4S/c1-7-8(12)4-5-9(11(7)13)19(17,18)14-6-2-3-10(15)16/h2-5,14H,6H2,1H3,(H,15,16)/b3-2+. The lowest BCUT2D eigenvalue weighted by Crippen LogP contribution is -2.24. The van der Waals surface area contributed by atoms with Crippen LogP contribution in [0.1, 0.15) is 5.56 Å². The molecule has 19 heavy (non-hydrogen) atoms. The fraction of sp³-hybridized carbons (Fsp3) is 0.182. The van der Waals surface area contributed by atoms with E-state index < -0.39 is 16.0 Å². The topological polar surface area (TPSA) is 83.5 Å². The van der Waals surface area contributed by atoms with Gasteiger partial charge in [-0.05, 0) is 24.6 Å². The maximum atomic E-state index is 11.9. The number of rotatable bonds is 5. The van der Waals surface area contributed by atoms with E-state index in [4.69, 9.17) is 28.3 Å². The van der Waals surface area contributed by atoms with E-state index in [9.17, 15) is 13.2 Å². The van der Waals surface area contributed by atoms with Crippen LogP contribution in [0.3, 0.4) is 0 Å². The first-order valence-corrected chi connectivity index (χ1v) is 7.33. The molecule has 1 aromatic carbocycles. The monoisotopic (exact) mass is 323 g/mol. The van der Waals surface area contributed by atoms with E-state index in [1.54, 1.807) is 6.92 Å². The first kappa shape index (κ1) is 16.0. The Bertz CT molecular complexity index is 626. The van der Waals surface area contributed by atoms with Gasteiger partial charge in [-0.25, -0.2) is 17.9 Å². The van der Waals surface area contributed by atoms with Crippen molar-refractivity contribution in [3.05, 3.63) is 39.9 Å². The molecule has 0 aliphatic heterocycles. The molecule has 2 N–H and O–H groups in total. The Hall–Kier alpha value is -1.08. The highest BCUT2D eigenvalue weighted by Gasteiger charge is 2.19. The molecule has 0 aliphatic carbocycles. The van der Waals surface area contributed by atoms with Crippen LogP contribution in [0.5, 0.6) is 0 Å². The average Bonchev–Trinajstić information content (AvgIpc) is 2.31. The van der Waals surface area contributed by atoms with E-state index in [0.29, 0.717) is 10.6 Å². The van der Waals surface area contributed by atoms with E-state index in [1.165, 1.54) is 18.2 Å². The Kier molecular flexibility index (Phi) is 5.37. The molecule has 0 aromatic heterocycles. The summed E-state index contributed by atoms with van der Waals surface area (Å²) >= 11 is 11.8. The molecule has 0 saturated heterocycles. The third-order valence-corrected chi connectivity index (χ3v) is 4.70. The van der Waals surface area contributed by atoms with Crippen LogP contribution >= 0.6 is 23.2 Å². The van der Waals surface area contributed by atoms with Crippen molar-refractivity contribution in [3.63, 3.8) is 0 Å². The Balaban J connectivity index is 2.96. The van der Waals surface area contributed by atoms with Gasteiger partial charge in [-0.1, -0.05) is 29.3 Å². The van der Waals surface area contributed by atoms with Gasteiger partial charge in [0.15, 0.2) is 0 Å². The van der Waals surface area contributed by atoms with E-state index in [1.807, 2.05) is 0 Å². The summed E-state index contributed by atoms with van der Waals surface area (Å²) in [5.41, 5.74) is 0.465. The molecule has 1 rings (SSSR count). The second kappa shape index (κ2) is 6.38. The maximum absolute atomic E-state index is 11.9. The summed E-state index contributed by atoms with van der Waals surface area (Å²) in [5.74, 6) is -1.15. The number of carboxylic acid groups (broad SMARTS) is 1. The van der Waals surface area contributed by atoms with Crippen LogP contribution in [0, 0.1) is 6.92 Å². The van der Waals surface area contributed by atoms with Gasteiger partial charge < -0.3 is 5.11 Å². The van der Waals surface area contributed by atoms with E-state index in [-0.39, 0.29) is 16.5 Å². The third-order valence-electron chi connectivity index (χ3n) is 2.23. The number of halogens is 2. The van der Waals surface area contributed by atoms with Crippen LogP contribution in [0.4, 0.5) is 0 Å². The highest BCUT2D eigenvalue weighted by Crippen LogP contribution is 2.29. The van der Waals surface area contributed by atoms with Crippen molar-refractivity contribution in [2.45, 2.75) is 11.8 Å². The highest BCUT2D eigenvalue weighted by atomic mass is 35.5. The number of sulfonamides is 1. The van der Waals surface area contributed by atoms with Crippen molar-refractivity contribution < 1.29 is 18.3 Å². The summed E-state index contributed by atoms with van der Waals surface area (Å²) in [7, 11) is -3.81. The van der Waals surface area contributed by atoms with E-state index >= 15 is 0 Å². The van der Waals surface area contributed by atoms with Crippen LogP contribution in [-0.4, -0.2) is 26.0 Å². The van der Waals surface area contributed by atoms with Crippen molar-refractivity contribution in [2.24, 2.45) is 0 Å². The predicted molar refractivity (Wildman–Crippen MR) is 73.2 cm³/mol.